The molecule has 0 aromatic heterocycles. The van der Waals surface area contributed by atoms with Gasteiger partial charge in [-0.1, -0.05) is 13.8 Å². The van der Waals surface area contributed by atoms with Crippen molar-refractivity contribution in [2.24, 2.45) is 0 Å². The molecule has 0 aliphatic carbocycles. The monoisotopic (exact) mass is 271 g/mol. The molecule has 108 valence electrons. The highest BCUT2D eigenvalue weighted by Gasteiger charge is 2.12. The summed E-state index contributed by atoms with van der Waals surface area (Å²) >= 11 is 0. The molecule has 1 aromatic rings. The molecule has 1 atom stereocenters. The quantitative estimate of drug-likeness (QED) is 0.696. The number of hydrogen-bond donors (Lipinski definition) is 1. The molecule has 1 aromatic carbocycles. The maximum absolute atomic E-state index is 13.6. The Hall–Kier alpha value is -1.00. The lowest BCUT2D eigenvalue weighted by atomic mass is 10.1. The van der Waals surface area contributed by atoms with Crippen LogP contribution in [0.25, 0.3) is 0 Å². The van der Waals surface area contributed by atoms with Gasteiger partial charge in [0.25, 0.3) is 0 Å². The molecule has 4 heteroatoms. The van der Waals surface area contributed by atoms with Gasteiger partial charge in [-0.3, -0.25) is 0 Å². The molecule has 0 spiro atoms. The number of halogens is 2. The topological polar surface area (TPSA) is 21.3 Å². The zero-order valence-electron chi connectivity index (χ0n) is 11.7. The van der Waals surface area contributed by atoms with Crippen LogP contribution in [0, 0.1) is 11.6 Å². The van der Waals surface area contributed by atoms with E-state index in [9.17, 15) is 8.78 Å². The van der Waals surface area contributed by atoms with Crippen LogP contribution in [-0.4, -0.2) is 25.8 Å². The lowest BCUT2D eigenvalue weighted by Gasteiger charge is -2.19. The van der Waals surface area contributed by atoms with Crippen LogP contribution in [0.3, 0.4) is 0 Å². The van der Waals surface area contributed by atoms with E-state index in [1.165, 1.54) is 12.1 Å². The van der Waals surface area contributed by atoms with E-state index in [0.29, 0.717) is 25.2 Å². The molecule has 0 saturated heterocycles. The van der Waals surface area contributed by atoms with Crippen LogP contribution in [-0.2, 0) is 11.2 Å². The van der Waals surface area contributed by atoms with Gasteiger partial charge in [-0.2, -0.15) is 0 Å². The second kappa shape index (κ2) is 8.99. The van der Waals surface area contributed by atoms with Crippen LogP contribution in [0.4, 0.5) is 8.78 Å². The van der Waals surface area contributed by atoms with Gasteiger partial charge in [-0.15, -0.1) is 0 Å². The Kier molecular flexibility index (Phi) is 7.60. The van der Waals surface area contributed by atoms with Gasteiger partial charge >= 0.3 is 0 Å². The van der Waals surface area contributed by atoms with Gasteiger partial charge < -0.3 is 10.1 Å². The molecule has 0 aliphatic heterocycles. The van der Waals surface area contributed by atoms with Crippen LogP contribution in [0.2, 0.25) is 0 Å². The Labute approximate surface area is 114 Å². The van der Waals surface area contributed by atoms with Gasteiger partial charge in [0.1, 0.15) is 11.6 Å². The molecule has 0 bridgehead atoms. The van der Waals surface area contributed by atoms with E-state index in [1.807, 2.05) is 6.92 Å². The summed E-state index contributed by atoms with van der Waals surface area (Å²) in [5.74, 6) is -0.764. The average molecular weight is 271 g/mol. The number of hydrogen-bond acceptors (Lipinski definition) is 2. The van der Waals surface area contributed by atoms with Gasteiger partial charge in [0.2, 0.25) is 0 Å². The highest BCUT2D eigenvalue weighted by molar-refractivity contribution is 5.19. The van der Waals surface area contributed by atoms with E-state index < -0.39 is 5.82 Å². The zero-order chi connectivity index (χ0) is 14.1. The minimum atomic E-state index is -0.403. The SMILES string of the molecule is CCCNC(COCCC)Cc1cc(F)ccc1F. The highest BCUT2D eigenvalue weighted by Crippen LogP contribution is 2.12. The van der Waals surface area contributed by atoms with Crippen molar-refractivity contribution in [1.82, 2.24) is 5.32 Å². The summed E-state index contributed by atoms with van der Waals surface area (Å²) in [5, 5.41) is 3.31. The summed E-state index contributed by atoms with van der Waals surface area (Å²) in [7, 11) is 0. The summed E-state index contributed by atoms with van der Waals surface area (Å²) in [6.07, 6.45) is 2.39. The molecule has 19 heavy (non-hydrogen) atoms. The van der Waals surface area contributed by atoms with Gasteiger partial charge in [0.05, 0.1) is 6.61 Å². The standard InChI is InChI=1S/C15H23F2NO/c1-3-7-18-14(11-19-8-4-2)10-12-9-13(16)5-6-15(12)17/h5-6,9,14,18H,3-4,7-8,10-11H2,1-2H3. The van der Waals surface area contributed by atoms with Crippen molar-refractivity contribution in [2.75, 3.05) is 19.8 Å². The molecule has 0 amide bonds. The van der Waals surface area contributed by atoms with Crippen molar-refractivity contribution in [3.05, 3.63) is 35.4 Å². The van der Waals surface area contributed by atoms with Crippen molar-refractivity contribution in [1.29, 1.82) is 0 Å². The van der Waals surface area contributed by atoms with Crippen LogP contribution >= 0.6 is 0 Å². The van der Waals surface area contributed by atoms with E-state index in [2.05, 4.69) is 12.2 Å². The summed E-state index contributed by atoms with van der Waals surface area (Å²) in [4.78, 5) is 0. The summed E-state index contributed by atoms with van der Waals surface area (Å²) < 4.78 is 32.2. The van der Waals surface area contributed by atoms with Crippen molar-refractivity contribution in [3.63, 3.8) is 0 Å². The first-order chi connectivity index (χ1) is 9.17. The lowest BCUT2D eigenvalue weighted by Crippen LogP contribution is -2.36. The first-order valence-corrected chi connectivity index (χ1v) is 6.92. The molecule has 0 aliphatic rings. The second-order valence-electron chi connectivity index (χ2n) is 4.67. The summed E-state index contributed by atoms with van der Waals surface area (Å²) in [6.45, 7) is 6.16. The normalized spacial score (nSPS) is 12.6. The average Bonchev–Trinajstić information content (AvgIpc) is 2.40. The molecule has 1 N–H and O–H groups in total. The third-order valence-corrected chi connectivity index (χ3v) is 2.82. The van der Waals surface area contributed by atoms with Gasteiger partial charge in [-0.25, -0.2) is 8.78 Å². The minimum absolute atomic E-state index is 0.0165. The molecule has 1 unspecified atom stereocenters. The van der Waals surface area contributed by atoms with Gasteiger partial charge in [0.15, 0.2) is 0 Å². The Morgan fingerprint density at radius 1 is 1.21 bits per heavy atom. The fourth-order valence-electron chi connectivity index (χ4n) is 1.87. The molecule has 1 rings (SSSR count). The number of benzene rings is 1. The Morgan fingerprint density at radius 3 is 2.68 bits per heavy atom. The third kappa shape index (κ3) is 6.12. The smallest absolute Gasteiger partial charge is 0.126 e. The number of nitrogens with one attached hydrogen (secondary N) is 1. The van der Waals surface area contributed by atoms with Crippen LogP contribution in [0.5, 0.6) is 0 Å². The van der Waals surface area contributed by atoms with E-state index in [0.717, 1.165) is 25.5 Å². The zero-order valence-corrected chi connectivity index (χ0v) is 11.7. The molecular weight excluding hydrogens is 248 g/mol. The Bertz CT molecular complexity index is 371. The summed E-state index contributed by atoms with van der Waals surface area (Å²) in [5.41, 5.74) is 0.397. The maximum atomic E-state index is 13.6. The highest BCUT2D eigenvalue weighted by atomic mass is 19.1. The predicted octanol–water partition coefficient (Wildman–Crippen LogP) is 3.30. The first-order valence-electron chi connectivity index (χ1n) is 6.92. The van der Waals surface area contributed by atoms with Crippen molar-refractivity contribution in [3.8, 4) is 0 Å². The lowest BCUT2D eigenvalue weighted by molar-refractivity contribution is 0.111. The Balaban J connectivity index is 2.61. The molecule has 0 fully saturated rings. The van der Waals surface area contributed by atoms with Crippen LogP contribution in [0.1, 0.15) is 32.3 Å². The molecule has 0 radical (unpaired) electrons. The largest absolute Gasteiger partial charge is 0.380 e. The summed E-state index contributed by atoms with van der Waals surface area (Å²) in [6, 6.07) is 3.59. The molecular formula is C15H23F2NO. The van der Waals surface area contributed by atoms with Crippen LogP contribution in [0.15, 0.2) is 18.2 Å². The fourth-order valence-corrected chi connectivity index (χ4v) is 1.87. The van der Waals surface area contributed by atoms with E-state index in [-0.39, 0.29) is 11.9 Å². The van der Waals surface area contributed by atoms with Gasteiger partial charge in [0, 0.05) is 12.6 Å². The van der Waals surface area contributed by atoms with E-state index in [1.54, 1.807) is 0 Å². The molecule has 2 nitrogen and oxygen atoms in total. The minimum Gasteiger partial charge on any atom is -0.380 e. The predicted molar refractivity (Wildman–Crippen MR) is 73.3 cm³/mol. The van der Waals surface area contributed by atoms with Crippen molar-refractivity contribution >= 4 is 0 Å². The number of ether oxygens (including phenoxy) is 1. The van der Waals surface area contributed by atoms with E-state index in [4.69, 9.17) is 4.74 Å². The molecule has 0 heterocycles. The molecule has 0 saturated carbocycles. The number of rotatable bonds is 9. The second-order valence-corrected chi connectivity index (χ2v) is 4.67. The Morgan fingerprint density at radius 2 is 2.00 bits per heavy atom. The van der Waals surface area contributed by atoms with Crippen LogP contribution < -0.4 is 5.32 Å². The fraction of sp³-hybridized carbons (Fsp3) is 0.600. The van der Waals surface area contributed by atoms with Gasteiger partial charge in [-0.05, 0) is 49.6 Å². The van der Waals surface area contributed by atoms with Crippen molar-refractivity contribution in [2.45, 2.75) is 39.2 Å². The van der Waals surface area contributed by atoms with Crippen molar-refractivity contribution < 1.29 is 13.5 Å². The first kappa shape index (κ1) is 16.1. The maximum Gasteiger partial charge on any atom is 0.126 e. The third-order valence-electron chi connectivity index (χ3n) is 2.82. The van der Waals surface area contributed by atoms with E-state index >= 15 is 0 Å².